The number of nitrogens with one attached hydrogen (secondary N) is 1. The highest BCUT2D eigenvalue weighted by molar-refractivity contribution is 5.81. The molecule has 2 amide bonds. The van der Waals surface area contributed by atoms with Crippen molar-refractivity contribution in [3.05, 3.63) is 59.7 Å². The highest BCUT2D eigenvalue weighted by Crippen LogP contribution is 2.44. The number of carbonyl (C=O) groups excluding carboxylic acids is 2. The number of carboxylic acids is 1. The minimum Gasteiger partial charge on any atom is -0.481 e. The summed E-state index contributed by atoms with van der Waals surface area (Å²) in [6.45, 7) is 4.28. The fraction of sp³-hybridized carbons (Fsp3) is 0.444. The Morgan fingerprint density at radius 1 is 1.03 bits per heavy atom. The molecule has 0 radical (unpaired) electrons. The van der Waals surface area contributed by atoms with Crippen LogP contribution in [0.25, 0.3) is 11.1 Å². The Morgan fingerprint density at radius 3 is 2.12 bits per heavy atom. The number of carboxylic acid groups (broad SMARTS) is 1. The number of aliphatic carboxylic acids is 1. The van der Waals surface area contributed by atoms with E-state index >= 15 is 0 Å². The van der Waals surface area contributed by atoms with Gasteiger partial charge in [0.15, 0.2) is 0 Å². The maximum Gasteiger partial charge on any atom is 0.407 e. The van der Waals surface area contributed by atoms with Gasteiger partial charge in [-0.15, -0.1) is 0 Å². The summed E-state index contributed by atoms with van der Waals surface area (Å²) in [5, 5.41) is 11.9. The Bertz CT molecular complexity index is 1030. The van der Waals surface area contributed by atoms with E-state index < -0.39 is 18.0 Å². The molecule has 4 rings (SSSR count). The van der Waals surface area contributed by atoms with E-state index in [0.717, 1.165) is 11.1 Å². The van der Waals surface area contributed by atoms with Crippen molar-refractivity contribution in [2.24, 2.45) is 17.8 Å². The number of nitrogens with zero attached hydrogens (tertiary/aromatic N) is 1. The van der Waals surface area contributed by atoms with Gasteiger partial charge in [0.25, 0.3) is 0 Å². The molecule has 2 aliphatic rings. The van der Waals surface area contributed by atoms with Crippen molar-refractivity contribution in [2.75, 3.05) is 20.2 Å². The summed E-state index contributed by atoms with van der Waals surface area (Å²) in [7, 11) is 1.72. The molecule has 1 atom stereocenters. The Morgan fingerprint density at radius 2 is 1.59 bits per heavy atom. The zero-order valence-corrected chi connectivity index (χ0v) is 19.9. The average Bonchev–Trinajstić information content (AvgIpc) is 3.10. The number of alkyl carbamates (subject to hydrolysis) is 1. The van der Waals surface area contributed by atoms with Gasteiger partial charge < -0.3 is 20.1 Å². The largest absolute Gasteiger partial charge is 0.481 e. The third-order valence-electron chi connectivity index (χ3n) is 7.29. The molecular formula is C27H32N2O5. The lowest BCUT2D eigenvalue weighted by Crippen LogP contribution is -2.51. The van der Waals surface area contributed by atoms with Crippen LogP contribution in [0.1, 0.15) is 43.7 Å². The number of amides is 2. The lowest BCUT2D eigenvalue weighted by Gasteiger charge is -2.41. The first kappa shape index (κ1) is 23.8. The Labute approximate surface area is 200 Å². The molecule has 2 aromatic carbocycles. The SMILES string of the molecule is CC(C)C(CNC(=O)OCC1c2ccccc2-c2ccccc21)C(=O)N(C)C1CC(C(=O)O)C1. The van der Waals surface area contributed by atoms with E-state index in [9.17, 15) is 14.4 Å². The third kappa shape index (κ3) is 4.65. The van der Waals surface area contributed by atoms with Crippen LogP contribution in [0.5, 0.6) is 0 Å². The quantitative estimate of drug-likeness (QED) is 0.613. The highest BCUT2D eigenvalue weighted by atomic mass is 16.5. The lowest BCUT2D eigenvalue weighted by atomic mass is 9.79. The van der Waals surface area contributed by atoms with Gasteiger partial charge >= 0.3 is 12.1 Å². The van der Waals surface area contributed by atoms with Crippen LogP contribution in [0.4, 0.5) is 4.79 Å². The summed E-state index contributed by atoms with van der Waals surface area (Å²) in [4.78, 5) is 38.3. The number of benzene rings is 2. The van der Waals surface area contributed by atoms with Crippen molar-refractivity contribution in [3.8, 4) is 11.1 Å². The van der Waals surface area contributed by atoms with Crippen LogP contribution >= 0.6 is 0 Å². The maximum absolute atomic E-state index is 13.0. The molecule has 0 aromatic heterocycles. The predicted molar refractivity (Wildman–Crippen MR) is 128 cm³/mol. The first-order chi connectivity index (χ1) is 16.3. The lowest BCUT2D eigenvalue weighted by molar-refractivity contribution is -0.151. The molecule has 1 saturated carbocycles. The van der Waals surface area contributed by atoms with Crippen LogP contribution < -0.4 is 5.32 Å². The van der Waals surface area contributed by atoms with E-state index in [1.165, 1.54) is 11.1 Å². The number of hydrogen-bond acceptors (Lipinski definition) is 4. The number of rotatable bonds is 8. The minimum atomic E-state index is -0.811. The van der Waals surface area contributed by atoms with E-state index in [1.54, 1.807) is 11.9 Å². The van der Waals surface area contributed by atoms with Crippen molar-refractivity contribution < 1.29 is 24.2 Å². The fourth-order valence-corrected chi connectivity index (χ4v) is 5.00. The molecule has 0 heterocycles. The predicted octanol–water partition coefficient (Wildman–Crippen LogP) is 4.12. The topological polar surface area (TPSA) is 95.9 Å². The highest BCUT2D eigenvalue weighted by Gasteiger charge is 2.40. The van der Waals surface area contributed by atoms with Crippen molar-refractivity contribution >= 4 is 18.0 Å². The summed E-state index contributed by atoms with van der Waals surface area (Å²) in [5.41, 5.74) is 4.63. The number of ether oxygens (including phenoxy) is 1. The van der Waals surface area contributed by atoms with Crippen LogP contribution in [0, 0.1) is 17.8 Å². The Kier molecular flexibility index (Phi) is 6.91. The molecule has 2 N–H and O–H groups in total. The molecule has 0 bridgehead atoms. The molecular weight excluding hydrogens is 432 g/mol. The molecule has 0 saturated heterocycles. The van der Waals surface area contributed by atoms with E-state index in [-0.39, 0.29) is 42.9 Å². The molecule has 0 aliphatic heterocycles. The van der Waals surface area contributed by atoms with Crippen LogP contribution in [-0.4, -0.2) is 54.2 Å². The van der Waals surface area contributed by atoms with Gasteiger partial charge in [-0.2, -0.15) is 0 Å². The zero-order valence-electron chi connectivity index (χ0n) is 19.9. The van der Waals surface area contributed by atoms with Gasteiger partial charge in [0, 0.05) is 25.6 Å². The zero-order chi connectivity index (χ0) is 24.4. The van der Waals surface area contributed by atoms with Crippen molar-refractivity contribution in [2.45, 2.75) is 38.6 Å². The summed E-state index contributed by atoms with van der Waals surface area (Å²) in [5.74, 6) is -1.69. The molecule has 7 heteroatoms. The second kappa shape index (κ2) is 9.87. The summed E-state index contributed by atoms with van der Waals surface area (Å²) in [6, 6.07) is 16.3. The molecule has 1 fully saturated rings. The van der Waals surface area contributed by atoms with Gasteiger partial charge in [0.05, 0.1) is 11.8 Å². The normalized spacial score (nSPS) is 19.5. The first-order valence-electron chi connectivity index (χ1n) is 11.9. The summed E-state index contributed by atoms with van der Waals surface area (Å²) < 4.78 is 5.59. The van der Waals surface area contributed by atoms with Gasteiger partial charge in [0.1, 0.15) is 6.61 Å². The van der Waals surface area contributed by atoms with E-state index in [2.05, 4.69) is 29.6 Å². The minimum absolute atomic E-state index is 0.0131. The molecule has 1 unspecified atom stereocenters. The Hall–Kier alpha value is -3.35. The van der Waals surface area contributed by atoms with Crippen LogP contribution in [0.3, 0.4) is 0 Å². The third-order valence-corrected chi connectivity index (χ3v) is 7.29. The molecule has 180 valence electrons. The van der Waals surface area contributed by atoms with Crippen LogP contribution in [-0.2, 0) is 14.3 Å². The van der Waals surface area contributed by atoms with E-state index in [4.69, 9.17) is 9.84 Å². The maximum atomic E-state index is 13.0. The van der Waals surface area contributed by atoms with Crippen molar-refractivity contribution in [3.63, 3.8) is 0 Å². The molecule has 34 heavy (non-hydrogen) atoms. The standard InChI is InChI=1S/C27H32N2O5/c1-16(2)23(25(30)29(3)18-12-17(13-18)26(31)32)14-28-27(33)34-15-24-21-10-6-4-8-19(21)20-9-5-7-11-22(20)24/h4-11,16-18,23-24H,12-15H2,1-3H3,(H,28,33)(H,31,32). The first-order valence-corrected chi connectivity index (χ1v) is 11.9. The second-order valence-electron chi connectivity index (χ2n) is 9.67. The fourth-order valence-electron chi connectivity index (χ4n) is 5.00. The molecule has 7 nitrogen and oxygen atoms in total. The van der Waals surface area contributed by atoms with E-state index in [0.29, 0.717) is 12.8 Å². The van der Waals surface area contributed by atoms with E-state index in [1.807, 2.05) is 38.1 Å². The summed E-state index contributed by atoms with van der Waals surface area (Å²) in [6.07, 6.45) is 0.405. The van der Waals surface area contributed by atoms with Gasteiger partial charge in [-0.05, 0) is 41.0 Å². The van der Waals surface area contributed by atoms with Crippen molar-refractivity contribution in [1.82, 2.24) is 10.2 Å². The van der Waals surface area contributed by atoms with Gasteiger partial charge in [-0.3, -0.25) is 9.59 Å². The van der Waals surface area contributed by atoms with Gasteiger partial charge in [-0.25, -0.2) is 4.79 Å². The van der Waals surface area contributed by atoms with Crippen molar-refractivity contribution in [1.29, 1.82) is 0 Å². The van der Waals surface area contributed by atoms with Crippen LogP contribution in [0.2, 0.25) is 0 Å². The monoisotopic (exact) mass is 464 g/mol. The number of hydrogen-bond donors (Lipinski definition) is 2. The van der Waals surface area contributed by atoms with Gasteiger partial charge in [-0.1, -0.05) is 62.4 Å². The smallest absolute Gasteiger partial charge is 0.407 e. The molecule has 2 aromatic rings. The van der Waals surface area contributed by atoms with Crippen LogP contribution in [0.15, 0.2) is 48.5 Å². The Balaban J connectivity index is 1.32. The summed E-state index contributed by atoms with van der Waals surface area (Å²) >= 11 is 0. The number of carbonyl (C=O) groups is 3. The average molecular weight is 465 g/mol. The second-order valence-corrected chi connectivity index (χ2v) is 9.67. The van der Waals surface area contributed by atoms with Gasteiger partial charge in [0.2, 0.25) is 5.91 Å². The molecule has 2 aliphatic carbocycles. The molecule has 0 spiro atoms. The number of fused-ring (bicyclic) bond motifs is 3.